The molecule has 5 nitrogen and oxygen atoms in total. The molecular weight excluding hydrogens is 274 g/mol. The van der Waals surface area contributed by atoms with E-state index in [4.69, 9.17) is 5.11 Å². The zero-order valence-corrected chi connectivity index (χ0v) is 11.0. The van der Waals surface area contributed by atoms with Gasteiger partial charge in [-0.25, -0.2) is 9.78 Å². The van der Waals surface area contributed by atoms with Crippen molar-refractivity contribution in [3.05, 3.63) is 53.8 Å². The van der Waals surface area contributed by atoms with E-state index < -0.39 is 5.97 Å². The third kappa shape index (κ3) is 2.41. The molecule has 0 saturated carbocycles. The van der Waals surface area contributed by atoms with Gasteiger partial charge in [0.05, 0.1) is 17.5 Å². The van der Waals surface area contributed by atoms with Crippen LogP contribution in [-0.2, 0) is 0 Å². The van der Waals surface area contributed by atoms with Gasteiger partial charge in [0.1, 0.15) is 10.7 Å². The third-order valence-corrected chi connectivity index (χ3v) is 3.58. The average molecular weight is 283 g/mol. The van der Waals surface area contributed by atoms with Crippen LogP contribution >= 0.6 is 11.3 Å². The minimum absolute atomic E-state index is 0.262. The van der Waals surface area contributed by atoms with E-state index in [1.165, 1.54) is 11.3 Å². The summed E-state index contributed by atoms with van der Waals surface area (Å²) in [5.74, 6) is -0.935. The standard InChI is InChI=1S/C14H9N3O2S/c18-14(19)10-3-1-9(2-4-10)12-8-20-13(17-12)11-7-15-5-6-16-11/h1-8H,(H,18,19). The predicted octanol–water partition coefficient (Wildman–Crippen LogP) is 2.97. The highest BCUT2D eigenvalue weighted by Crippen LogP contribution is 2.27. The summed E-state index contributed by atoms with van der Waals surface area (Å²) in [7, 11) is 0. The van der Waals surface area contributed by atoms with Gasteiger partial charge in [0.25, 0.3) is 0 Å². The van der Waals surface area contributed by atoms with Crippen molar-refractivity contribution >= 4 is 17.3 Å². The number of carbonyl (C=O) groups is 1. The second kappa shape index (κ2) is 5.18. The van der Waals surface area contributed by atoms with E-state index >= 15 is 0 Å². The number of hydrogen-bond acceptors (Lipinski definition) is 5. The highest BCUT2D eigenvalue weighted by molar-refractivity contribution is 7.13. The first-order chi connectivity index (χ1) is 9.74. The Morgan fingerprint density at radius 1 is 1.10 bits per heavy atom. The second-order valence-corrected chi connectivity index (χ2v) is 4.87. The van der Waals surface area contributed by atoms with Crippen molar-refractivity contribution in [2.75, 3.05) is 0 Å². The minimum atomic E-state index is -0.935. The van der Waals surface area contributed by atoms with E-state index in [0.29, 0.717) is 0 Å². The fraction of sp³-hybridized carbons (Fsp3) is 0. The zero-order valence-electron chi connectivity index (χ0n) is 10.2. The molecule has 0 atom stereocenters. The van der Waals surface area contributed by atoms with Crippen LogP contribution in [0.25, 0.3) is 22.0 Å². The summed E-state index contributed by atoms with van der Waals surface area (Å²) in [6.07, 6.45) is 4.90. The number of nitrogens with zero attached hydrogens (tertiary/aromatic N) is 3. The predicted molar refractivity (Wildman–Crippen MR) is 75.5 cm³/mol. The van der Waals surface area contributed by atoms with Crippen LogP contribution in [0.5, 0.6) is 0 Å². The van der Waals surface area contributed by atoms with Gasteiger partial charge in [-0.3, -0.25) is 9.97 Å². The minimum Gasteiger partial charge on any atom is -0.478 e. The lowest BCUT2D eigenvalue weighted by atomic mass is 10.1. The third-order valence-electron chi connectivity index (χ3n) is 2.71. The van der Waals surface area contributed by atoms with Gasteiger partial charge in [0.2, 0.25) is 0 Å². The van der Waals surface area contributed by atoms with Gasteiger partial charge in [-0.1, -0.05) is 12.1 Å². The Bertz CT molecular complexity index is 739. The number of rotatable bonds is 3. The van der Waals surface area contributed by atoms with Crippen LogP contribution in [0.15, 0.2) is 48.2 Å². The number of aromatic carboxylic acids is 1. The maximum atomic E-state index is 10.8. The van der Waals surface area contributed by atoms with Gasteiger partial charge in [0.15, 0.2) is 0 Å². The van der Waals surface area contributed by atoms with Crippen LogP contribution < -0.4 is 0 Å². The molecule has 2 heterocycles. The zero-order chi connectivity index (χ0) is 13.9. The van der Waals surface area contributed by atoms with Crippen molar-refractivity contribution in [3.63, 3.8) is 0 Å². The van der Waals surface area contributed by atoms with E-state index in [1.54, 1.807) is 42.9 Å². The molecule has 0 fully saturated rings. The maximum absolute atomic E-state index is 10.8. The Labute approximate surface area is 118 Å². The molecule has 2 aromatic heterocycles. The molecule has 0 saturated heterocycles. The summed E-state index contributed by atoms with van der Waals surface area (Å²) in [6.45, 7) is 0. The Morgan fingerprint density at radius 3 is 2.55 bits per heavy atom. The second-order valence-electron chi connectivity index (χ2n) is 4.01. The lowest BCUT2D eigenvalue weighted by Crippen LogP contribution is -1.94. The van der Waals surface area contributed by atoms with Crippen molar-refractivity contribution in [1.29, 1.82) is 0 Å². The molecule has 1 N–H and O–H groups in total. The fourth-order valence-electron chi connectivity index (χ4n) is 1.72. The Kier molecular flexibility index (Phi) is 3.22. The van der Waals surface area contributed by atoms with Gasteiger partial charge >= 0.3 is 5.97 Å². The van der Waals surface area contributed by atoms with Crippen LogP contribution in [0.4, 0.5) is 0 Å². The molecule has 6 heteroatoms. The first-order valence-electron chi connectivity index (χ1n) is 5.80. The molecule has 0 unspecified atom stereocenters. The summed E-state index contributed by atoms with van der Waals surface area (Å²) in [6, 6.07) is 6.63. The monoisotopic (exact) mass is 283 g/mol. The van der Waals surface area contributed by atoms with E-state index in [-0.39, 0.29) is 5.56 Å². The summed E-state index contributed by atoms with van der Waals surface area (Å²) in [4.78, 5) is 23.5. The van der Waals surface area contributed by atoms with Crippen molar-refractivity contribution in [2.24, 2.45) is 0 Å². The molecule has 0 amide bonds. The molecule has 98 valence electrons. The van der Waals surface area contributed by atoms with Crippen LogP contribution in [-0.4, -0.2) is 26.0 Å². The van der Waals surface area contributed by atoms with E-state index in [0.717, 1.165) is 22.0 Å². The molecule has 3 aromatic rings. The molecule has 0 spiro atoms. The van der Waals surface area contributed by atoms with Crippen molar-refractivity contribution < 1.29 is 9.90 Å². The first kappa shape index (κ1) is 12.4. The van der Waals surface area contributed by atoms with Crippen molar-refractivity contribution in [3.8, 4) is 22.0 Å². The largest absolute Gasteiger partial charge is 0.478 e. The maximum Gasteiger partial charge on any atom is 0.335 e. The Morgan fingerprint density at radius 2 is 1.90 bits per heavy atom. The van der Waals surface area contributed by atoms with Crippen molar-refractivity contribution in [2.45, 2.75) is 0 Å². The topological polar surface area (TPSA) is 76.0 Å². The molecule has 0 aliphatic heterocycles. The van der Waals surface area contributed by atoms with Crippen LogP contribution in [0.2, 0.25) is 0 Å². The summed E-state index contributed by atoms with van der Waals surface area (Å²) in [5, 5.41) is 11.6. The fourth-order valence-corrected chi connectivity index (χ4v) is 2.51. The molecule has 20 heavy (non-hydrogen) atoms. The van der Waals surface area contributed by atoms with Gasteiger partial charge in [0, 0.05) is 23.3 Å². The number of benzene rings is 1. The summed E-state index contributed by atoms with van der Waals surface area (Å²) < 4.78 is 0. The van der Waals surface area contributed by atoms with E-state index in [1.807, 2.05) is 5.38 Å². The lowest BCUT2D eigenvalue weighted by Gasteiger charge is -1.98. The Balaban J connectivity index is 1.92. The number of carboxylic acids is 1. The molecular formula is C14H9N3O2S. The van der Waals surface area contributed by atoms with Crippen LogP contribution in [0.3, 0.4) is 0 Å². The number of thiazole rings is 1. The molecule has 1 aromatic carbocycles. The first-order valence-corrected chi connectivity index (χ1v) is 6.67. The highest BCUT2D eigenvalue weighted by Gasteiger charge is 2.08. The highest BCUT2D eigenvalue weighted by atomic mass is 32.1. The Hall–Kier alpha value is -2.60. The molecule has 0 bridgehead atoms. The van der Waals surface area contributed by atoms with Gasteiger partial charge in [-0.15, -0.1) is 11.3 Å². The van der Waals surface area contributed by atoms with Gasteiger partial charge < -0.3 is 5.11 Å². The van der Waals surface area contributed by atoms with E-state index in [2.05, 4.69) is 15.0 Å². The summed E-state index contributed by atoms with van der Waals surface area (Å²) in [5.41, 5.74) is 2.66. The lowest BCUT2D eigenvalue weighted by molar-refractivity contribution is 0.0697. The van der Waals surface area contributed by atoms with Crippen LogP contribution in [0.1, 0.15) is 10.4 Å². The normalized spacial score (nSPS) is 10.4. The van der Waals surface area contributed by atoms with Crippen molar-refractivity contribution in [1.82, 2.24) is 15.0 Å². The number of carboxylic acid groups (broad SMARTS) is 1. The van der Waals surface area contributed by atoms with Gasteiger partial charge in [-0.05, 0) is 12.1 Å². The quantitative estimate of drug-likeness (QED) is 0.799. The van der Waals surface area contributed by atoms with Gasteiger partial charge in [-0.2, -0.15) is 0 Å². The van der Waals surface area contributed by atoms with E-state index in [9.17, 15) is 4.79 Å². The summed E-state index contributed by atoms with van der Waals surface area (Å²) >= 11 is 1.48. The SMILES string of the molecule is O=C(O)c1ccc(-c2csc(-c3cnccn3)n2)cc1. The smallest absolute Gasteiger partial charge is 0.335 e. The average Bonchev–Trinajstić information content (AvgIpc) is 2.98. The molecule has 3 rings (SSSR count). The van der Waals surface area contributed by atoms with Crippen LogP contribution in [0, 0.1) is 0 Å². The number of aromatic nitrogens is 3. The molecule has 0 aliphatic rings. The number of hydrogen-bond donors (Lipinski definition) is 1. The molecule has 0 aliphatic carbocycles. The molecule has 0 radical (unpaired) electrons.